The molecule has 1 aromatic heterocycles. The number of aromatic amines is 1. The molecule has 36 heavy (non-hydrogen) atoms. The topological polar surface area (TPSA) is 66.6 Å². The van der Waals surface area contributed by atoms with Gasteiger partial charge in [0.05, 0.1) is 18.8 Å². The van der Waals surface area contributed by atoms with Crippen molar-refractivity contribution >= 4 is 16.8 Å². The predicted molar refractivity (Wildman–Crippen MR) is 143 cm³/mol. The van der Waals surface area contributed by atoms with Crippen LogP contribution in [0.2, 0.25) is 0 Å². The Morgan fingerprint density at radius 1 is 1.19 bits per heavy atom. The van der Waals surface area contributed by atoms with Crippen LogP contribution in [0.25, 0.3) is 10.9 Å². The van der Waals surface area contributed by atoms with Gasteiger partial charge < -0.3 is 19.8 Å². The van der Waals surface area contributed by atoms with Gasteiger partial charge >= 0.3 is 0 Å². The van der Waals surface area contributed by atoms with Crippen molar-refractivity contribution in [2.45, 2.75) is 50.8 Å². The number of aryl methyl sites for hydroxylation is 2. The molecule has 190 valence electrons. The van der Waals surface area contributed by atoms with Crippen LogP contribution in [0.1, 0.15) is 46.8 Å². The number of hydrogen-bond acceptors (Lipinski definition) is 4. The minimum absolute atomic E-state index is 0.0386. The van der Waals surface area contributed by atoms with Gasteiger partial charge in [-0.15, -0.1) is 6.58 Å². The van der Waals surface area contributed by atoms with Gasteiger partial charge in [0.15, 0.2) is 0 Å². The van der Waals surface area contributed by atoms with Gasteiger partial charge in [-0.2, -0.15) is 0 Å². The fourth-order valence-electron chi connectivity index (χ4n) is 6.38. The quantitative estimate of drug-likeness (QED) is 0.452. The Labute approximate surface area is 213 Å². The van der Waals surface area contributed by atoms with E-state index in [1.807, 2.05) is 6.07 Å². The Morgan fingerprint density at radius 2 is 1.97 bits per heavy atom. The average molecular weight is 488 g/mol. The van der Waals surface area contributed by atoms with E-state index in [-0.39, 0.29) is 30.1 Å². The van der Waals surface area contributed by atoms with E-state index < -0.39 is 0 Å². The number of H-pyrrole nitrogens is 1. The summed E-state index contributed by atoms with van der Waals surface area (Å²) in [6, 6.07) is 14.8. The molecule has 1 aliphatic heterocycles. The SMILES string of the molecule is C=CCO[C@@H]1[C@@H](NC(=O)COC)c2ccccc2C12CCN(Cc1[nH]c3c(C)cccc3c1C)CC2. The third-order valence-corrected chi connectivity index (χ3v) is 8.20. The van der Waals surface area contributed by atoms with Crippen LogP contribution in [0.3, 0.4) is 0 Å². The Balaban J connectivity index is 1.40. The van der Waals surface area contributed by atoms with Gasteiger partial charge in [-0.3, -0.25) is 9.69 Å². The van der Waals surface area contributed by atoms with Crippen LogP contribution in [-0.2, 0) is 26.2 Å². The molecule has 1 amide bonds. The molecule has 6 heteroatoms. The number of benzene rings is 2. The number of ether oxygens (including phenoxy) is 2. The zero-order chi connectivity index (χ0) is 25.3. The van der Waals surface area contributed by atoms with Gasteiger partial charge in [-0.25, -0.2) is 0 Å². The Bertz CT molecular complexity index is 1260. The second kappa shape index (κ2) is 10.2. The summed E-state index contributed by atoms with van der Waals surface area (Å²) in [5.41, 5.74) is 7.49. The van der Waals surface area contributed by atoms with Gasteiger partial charge in [0, 0.05) is 35.7 Å². The summed E-state index contributed by atoms with van der Waals surface area (Å²) in [7, 11) is 1.54. The molecule has 2 aliphatic rings. The number of amides is 1. The van der Waals surface area contributed by atoms with Crippen LogP contribution in [0.4, 0.5) is 0 Å². The molecule has 0 bridgehead atoms. The maximum absolute atomic E-state index is 12.6. The molecular weight excluding hydrogens is 450 g/mol. The number of fused-ring (bicyclic) bond motifs is 3. The van der Waals surface area contributed by atoms with Gasteiger partial charge in [0.2, 0.25) is 5.91 Å². The summed E-state index contributed by atoms with van der Waals surface area (Å²) in [4.78, 5) is 18.8. The highest BCUT2D eigenvalue weighted by molar-refractivity contribution is 5.87. The molecule has 0 unspecified atom stereocenters. The number of piperidine rings is 1. The lowest BCUT2D eigenvalue weighted by atomic mass is 9.71. The summed E-state index contributed by atoms with van der Waals surface area (Å²) in [6.45, 7) is 11.6. The normalized spacial score (nSPS) is 21.1. The molecule has 2 heterocycles. The van der Waals surface area contributed by atoms with Crippen LogP contribution in [0, 0.1) is 13.8 Å². The maximum Gasteiger partial charge on any atom is 0.246 e. The number of carbonyl (C=O) groups is 1. The van der Waals surface area contributed by atoms with E-state index in [2.05, 4.69) is 72.0 Å². The lowest BCUT2D eigenvalue weighted by molar-refractivity contribution is -0.127. The fourth-order valence-corrected chi connectivity index (χ4v) is 6.38. The third kappa shape index (κ3) is 4.27. The number of rotatable bonds is 8. The number of methoxy groups -OCH3 is 1. The summed E-state index contributed by atoms with van der Waals surface area (Å²) in [5, 5.41) is 4.52. The van der Waals surface area contributed by atoms with Gasteiger partial charge in [0.1, 0.15) is 6.61 Å². The number of aromatic nitrogens is 1. The molecule has 2 aromatic carbocycles. The molecule has 5 rings (SSSR count). The fraction of sp³-hybridized carbons (Fsp3) is 0.433. The van der Waals surface area contributed by atoms with Crippen LogP contribution in [-0.4, -0.2) is 55.3 Å². The molecule has 1 aliphatic carbocycles. The summed E-state index contributed by atoms with van der Waals surface area (Å²) >= 11 is 0. The molecule has 2 N–H and O–H groups in total. The number of carbonyl (C=O) groups excluding carboxylic acids is 1. The van der Waals surface area contributed by atoms with Crippen molar-refractivity contribution in [2.75, 3.05) is 33.4 Å². The smallest absolute Gasteiger partial charge is 0.246 e. The van der Waals surface area contributed by atoms with Crippen LogP contribution in [0.5, 0.6) is 0 Å². The van der Waals surface area contributed by atoms with Crippen molar-refractivity contribution in [3.05, 3.63) is 83.1 Å². The van der Waals surface area contributed by atoms with Crippen molar-refractivity contribution in [2.24, 2.45) is 0 Å². The predicted octanol–water partition coefficient (Wildman–Crippen LogP) is 4.71. The van der Waals surface area contributed by atoms with E-state index in [9.17, 15) is 4.79 Å². The minimum Gasteiger partial charge on any atom is -0.375 e. The number of likely N-dealkylation sites (tertiary alicyclic amines) is 1. The summed E-state index contributed by atoms with van der Waals surface area (Å²) in [6.07, 6.45) is 3.59. The van der Waals surface area contributed by atoms with Crippen LogP contribution in [0.15, 0.2) is 55.1 Å². The second-order valence-corrected chi connectivity index (χ2v) is 10.3. The second-order valence-electron chi connectivity index (χ2n) is 10.3. The number of nitrogens with one attached hydrogen (secondary N) is 2. The van der Waals surface area contributed by atoms with E-state index >= 15 is 0 Å². The highest BCUT2D eigenvalue weighted by Gasteiger charge is 2.54. The monoisotopic (exact) mass is 487 g/mol. The first-order valence-electron chi connectivity index (χ1n) is 12.9. The third-order valence-electron chi connectivity index (χ3n) is 8.20. The largest absolute Gasteiger partial charge is 0.375 e. The minimum atomic E-state index is -0.200. The molecular formula is C30H37N3O3. The molecule has 6 nitrogen and oxygen atoms in total. The van der Waals surface area contributed by atoms with Crippen molar-refractivity contribution in [1.82, 2.24) is 15.2 Å². The van der Waals surface area contributed by atoms with Gasteiger partial charge in [-0.1, -0.05) is 48.5 Å². The number of hydrogen-bond donors (Lipinski definition) is 2. The van der Waals surface area contributed by atoms with Crippen molar-refractivity contribution in [3.8, 4) is 0 Å². The molecule has 1 spiro atoms. The first kappa shape index (κ1) is 24.8. The van der Waals surface area contributed by atoms with E-state index in [4.69, 9.17) is 9.47 Å². The Morgan fingerprint density at radius 3 is 2.69 bits per heavy atom. The lowest BCUT2D eigenvalue weighted by Crippen LogP contribution is -2.51. The summed E-state index contributed by atoms with van der Waals surface area (Å²) in [5.74, 6) is -0.122. The zero-order valence-corrected chi connectivity index (χ0v) is 21.6. The van der Waals surface area contributed by atoms with Crippen LogP contribution < -0.4 is 5.32 Å². The molecule has 1 saturated heterocycles. The summed E-state index contributed by atoms with van der Waals surface area (Å²) < 4.78 is 11.5. The number of nitrogens with zero attached hydrogens (tertiary/aromatic N) is 1. The van der Waals surface area contributed by atoms with Gasteiger partial charge in [-0.05, 0) is 62.0 Å². The zero-order valence-electron chi connectivity index (χ0n) is 21.6. The van der Waals surface area contributed by atoms with Crippen molar-refractivity contribution < 1.29 is 14.3 Å². The van der Waals surface area contributed by atoms with Crippen LogP contribution >= 0.6 is 0 Å². The Hall–Kier alpha value is -2.93. The molecule has 3 aromatic rings. The first-order chi connectivity index (χ1) is 17.5. The number of para-hydroxylation sites is 1. The van der Waals surface area contributed by atoms with E-state index in [0.717, 1.165) is 38.0 Å². The average Bonchev–Trinajstić information content (AvgIpc) is 3.33. The molecule has 0 saturated carbocycles. The van der Waals surface area contributed by atoms with E-state index in [1.54, 1.807) is 13.2 Å². The van der Waals surface area contributed by atoms with E-state index in [1.165, 1.54) is 33.3 Å². The lowest BCUT2D eigenvalue weighted by Gasteiger charge is -2.44. The standard InChI is InChI=1S/C30H37N3O3/c1-5-17-36-29-28(32-26(34)19-35-4)23-10-6-7-12-24(23)30(29)13-15-33(16-14-30)18-25-21(3)22-11-8-9-20(2)27(22)31-25/h5-12,28-29,31H,1,13-19H2,2-4H3,(H,32,34)/t28-,29+/m0/s1. The highest BCUT2D eigenvalue weighted by atomic mass is 16.5. The van der Waals surface area contributed by atoms with E-state index in [0.29, 0.717) is 6.61 Å². The molecule has 2 atom stereocenters. The maximum atomic E-state index is 12.6. The highest BCUT2D eigenvalue weighted by Crippen LogP contribution is 2.52. The molecule has 1 fully saturated rings. The van der Waals surface area contributed by atoms with Crippen molar-refractivity contribution in [3.63, 3.8) is 0 Å². The first-order valence-corrected chi connectivity index (χ1v) is 12.9. The van der Waals surface area contributed by atoms with Crippen molar-refractivity contribution in [1.29, 1.82) is 0 Å². The molecule has 0 radical (unpaired) electrons. The Kier molecular flexibility index (Phi) is 7.02. The van der Waals surface area contributed by atoms with Gasteiger partial charge in [0.25, 0.3) is 0 Å².